The smallest absolute Gasteiger partial charge is 0.122 e. The van der Waals surface area contributed by atoms with Crippen molar-refractivity contribution >= 4 is 0 Å². The molecule has 0 amide bonds. The van der Waals surface area contributed by atoms with Crippen LogP contribution in [-0.4, -0.2) is 19.7 Å². The van der Waals surface area contributed by atoms with Crippen LogP contribution >= 0.6 is 0 Å². The monoisotopic (exact) mass is 289 g/mol. The lowest BCUT2D eigenvalue weighted by molar-refractivity contribution is 0.229. The molecular weight excluding hydrogens is 258 g/mol. The highest BCUT2D eigenvalue weighted by Crippen LogP contribution is 2.42. The molecule has 0 spiro atoms. The number of nitrogens with one attached hydrogen (secondary N) is 1. The maximum absolute atomic E-state index is 5.55. The van der Waals surface area contributed by atoms with Crippen LogP contribution in [0.25, 0.3) is 0 Å². The van der Waals surface area contributed by atoms with Crippen LogP contribution in [0.3, 0.4) is 0 Å². The molecule has 1 N–H and O–H groups in total. The minimum Gasteiger partial charge on any atom is -0.496 e. The third-order valence-electron chi connectivity index (χ3n) is 5.10. The Kier molecular flexibility index (Phi) is 5.32. The number of ether oxygens (including phenoxy) is 1. The van der Waals surface area contributed by atoms with Gasteiger partial charge in [0.1, 0.15) is 5.75 Å². The summed E-state index contributed by atoms with van der Waals surface area (Å²) < 4.78 is 5.55. The fraction of sp³-hybridized carbons (Fsp3) is 0.684. The molecule has 1 aromatic carbocycles. The van der Waals surface area contributed by atoms with E-state index in [9.17, 15) is 0 Å². The zero-order chi connectivity index (χ0) is 15.5. The van der Waals surface area contributed by atoms with Crippen molar-refractivity contribution in [3.05, 3.63) is 29.3 Å². The molecule has 1 saturated carbocycles. The lowest BCUT2D eigenvalue weighted by atomic mass is 9.66. The largest absolute Gasteiger partial charge is 0.496 e. The van der Waals surface area contributed by atoms with Gasteiger partial charge in [-0.25, -0.2) is 0 Å². The topological polar surface area (TPSA) is 21.3 Å². The maximum atomic E-state index is 5.55. The van der Waals surface area contributed by atoms with Crippen LogP contribution in [0, 0.1) is 12.8 Å². The molecule has 0 saturated heterocycles. The summed E-state index contributed by atoms with van der Waals surface area (Å²) in [7, 11) is 1.77. The molecule has 0 unspecified atom stereocenters. The highest BCUT2D eigenvalue weighted by atomic mass is 16.5. The van der Waals surface area contributed by atoms with Crippen LogP contribution in [0.4, 0.5) is 0 Å². The van der Waals surface area contributed by atoms with Crippen molar-refractivity contribution in [2.45, 2.75) is 64.8 Å². The van der Waals surface area contributed by atoms with Gasteiger partial charge in [-0.2, -0.15) is 0 Å². The number of hydrogen-bond acceptors (Lipinski definition) is 2. The van der Waals surface area contributed by atoms with Crippen molar-refractivity contribution in [2.75, 3.05) is 13.7 Å². The second kappa shape index (κ2) is 6.83. The number of hydrogen-bond donors (Lipinski definition) is 1. The van der Waals surface area contributed by atoms with Crippen LogP contribution < -0.4 is 10.1 Å². The Labute approximate surface area is 130 Å². The zero-order valence-electron chi connectivity index (χ0n) is 14.3. The van der Waals surface area contributed by atoms with Crippen LogP contribution in [0.5, 0.6) is 5.75 Å². The van der Waals surface area contributed by atoms with E-state index >= 15 is 0 Å². The number of rotatable bonds is 5. The first-order valence-electron chi connectivity index (χ1n) is 8.35. The summed E-state index contributed by atoms with van der Waals surface area (Å²) in [6.45, 7) is 10.0. The Morgan fingerprint density at radius 1 is 1.29 bits per heavy atom. The van der Waals surface area contributed by atoms with Gasteiger partial charge in [-0.1, -0.05) is 32.9 Å². The Balaban J connectivity index is 2.30. The van der Waals surface area contributed by atoms with Gasteiger partial charge in [0.2, 0.25) is 0 Å². The Morgan fingerprint density at radius 3 is 2.52 bits per heavy atom. The molecule has 0 heterocycles. The minimum absolute atomic E-state index is 0.276. The summed E-state index contributed by atoms with van der Waals surface area (Å²) in [6.07, 6.45) is 5.21. The van der Waals surface area contributed by atoms with Gasteiger partial charge in [0.05, 0.1) is 7.11 Å². The first kappa shape index (κ1) is 16.4. The summed E-state index contributed by atoms with van der Waals surface area (Å²) in [4.78, 5) is 0. The average Bonchev–Trinajstić information content (AvgIpc) is 2.47. The second-order valence-electron chi connectivity index (χ2n) is 7.18. The average molecular weight is 289 g/mol. The predicted octanol–water partition coefficient (Wildman–Crippen LogP) is 4.45. The van der Waals surface area contributed by atoms with Crippen LogP contribution in [0.2, 0.25) is 0 Å². The van der Waals surface area contributed by atoms with Gasteiger partial charge in [0.25, 0.3) is 0 Å². The minimum atomic E-state index is 0.276. The van der Waals surface area contributed by atoms with E-state index in [2.05, 4.69) is 51.2 Å². The summed E-state index contributed by atoms with van der Waals surface area (Å²) in [6, 6.07) is 7.33. The molecule has 118 valence electrons. The summed E-state index contributed by atoms with van der Waals surface area (Å²) >= 11 is 0. The van der Waals surface area contributed by atoms with E-state index in [-0.39, 0.29) is 5.41 Å². The van der Waals surface area contributed by atoms with Gasteiger partial charge in [-0.3, -0.25) is 0 Å². The third-order valence-corrected chi connectivity index (χ3v) is 5.10. The van der Waals surface area contributed by atoms with Gasteiger partial charge >= 0.3 is 0 Å². The van der Waals surface area contributed by atoms with Crippen molar-refractivity contribution < 1.29 is 4.74 Å². The van der Waals surface area contributed by atoms with Gasteiger partial charge in [-0.05, 0) is 55.7 Å². The van der Waals surface area contributed by atoms with E-state index in [1.165, 1.54) is 36.8 Å². The lowest BCUT2D eigenvalue weighted by Crippen LogP contribution is -2.43. The number of benzene rings is 1. The Hall–Kier alpha value is -1.02. The van der Waals surface area contributed by atoms with Crippen molar-refractivity contribution in [1.29, 1.82) is 0 Å². The molecule has 1 aliphatic carbocycles. The molecule has 1 aliphatic rings. The highest BCUT2D eigenvalue weighted by Gasteiger charge is 2.36. The molecular formula is C19H31NO. The van der Waals surface area contributed by atoms with Crippen molar-refractivity contribution in [2.24, 2.45) is 5.92 Å². The molecule has 1 fully saturated rings. The maximum Gasteiger partial charge on any atom is 0.122 e. The quantitative estimate of drug-likeness (QED) is 0.864. The lowest BCUT2D eigenvalue weighted by Gasteiger charge is -2.41. The first-order chi connectivity index (χ1) is 9.97. The normalized spacial score (nSPS) is 26.1. The van der Waals surface area contributed by atoms with Gasteiger partial charge in [0.15, 0.2) is 0 Å². The second-order valence-corrected chi connectivity index (χ2v) is 7.18. The van der Waals surface area contributed by atoms with Crippen molar-refractivity contribution in [1.82, 2.24) is 5.32 Å². The van der Waals surface area contributed by atoms with Crippen LogP contribution in [0.15, 0.2) is 18.2 Å². The Morgan fingerprint density at radius 2 is 1.95 bits per heavy atom. The summed E-state index contributed by atoms with van der Waals surface area (Å²) in [5.41, 5.74) is 2.94. The first-order valence-corrected chi connectivity index (χ1v) is 8.35. The summed E-state index contributed by atoms with van der Waals surface area (Å²) in [5.74, 6) is 1.89. The van der Waals surface area contributed by atoms with E-state index in [1.54, 1.807) is 7.11 Å². The molecule has 0 aromatic heterocycles. The highest BCUT2D eigenvalue weighted by molar-refractivity contribution is 5.40. The molecule has 2 nitrogen and oxygen atoms in total. The predicted molar refractivity (Wildman–Crippen MR) is 90.2 cm³/mol. The standard InChI is InChI=1S/C19H31NO/c1-14(2)20-13-19(10-8-15(3)9-11-19)17-7-6-16(4)18(12-17)21-5/h6-7,12,14-15,20H,8-11,13H2,1-5H3. The third kappa shape index (κ3) is 3.79. The molecule has 2 heteroatoms. The van der Waals surface area contributed by atoms with Crippen molar-refractivity contribution in [3.63, 3.8) is 0 Å². The molecule has 0 radical (unpaired) electrons. The van der Waals surface area contributed by atoms with Gasteiger partial charge in [0, 0.05) is 18.0 Å². The summed E-state index contributed by atoms with van der Waals surface area (Å²) in [5, 5.41) is 3.68. The zero-order valence-corrected chi connectivity index (χ0v) is 14.3. The fourth-order valence-electron chi connectivity index (χ4n) is 3.43. The van der Waals surface area contributed by atoms with Crippen LogP contribution in [-0.2, 0) is 5.41 Å². The molecule has 0 bridgehead atoms. The van der Waals surface area contributed by atoms with E-state index in [4.69, 9.17) is 4.74 Å². The SMILES string of the molecule is COc1cc(C2(CNC(C)C)CCC(C)CC2)ccc1C. The van der Waals surface area contributed by atoms with Crippen LogP contribution in [0.1, 0.15) is 57.6 Å². The Bertz CT molecular complexity index is 459. The molecule has 0 aliphatic heterocycles. The van der Waals surface area contributed by atoms with Gasteiger partial charge in [-0.15, -0.1) is 0 Å². The fourth-order valence-corrected chi connectivity index (χ4v) is 3.43. The van der Waals surface area contributed by atoms with E-state index in [1.807, 2.05) is 0 Å². The number of aryl methyl sites for hydroxylation is 1. The molecule has 1 aromatic rings. The molecule has 0 atom stereocenters. The molecule has 21 heavy (non-hydrogen) atoms. The van der Waals surface area contributed by atoms with E-state index < -0.39 is 0 Å². The van der Waals surface area contributed by atoms with E-state index in [0.717, 1.165) is 18.2 Å². The van der Waals surface area contributed by atoms with Crippen molar-refractivity contribution in [3.8, 4) is 5.75 Å². The number of methoxy groups -OCH3 is 1. The molecule has 2 rings (SSSR count). The van der Waals surface area contributed by atoms with E-state index in [0.29, 0.717) is 6.04 Å². The van der Waals surface area contributed by atoms with Gasteiger partial charge < -0.3 is 10.1 Å².